The van der Waals surface area contributed by atoms with Gasteiger partial charge < -0.3 is 5.32 Å². The van der Waals surface area contributed by atoms with E-state index in [0.29, 0.717) is 12.0 Å². The summed E-state index contributed by atoms with van der Waals surface area (Å²) in [6, 6.07) is 5.89. The highest BCUT2D eigenvalue weighted by Gasteiger charge is 2.06. The van der Waals surface area contributed by atoms with Gasteiger partial charge in [0.05, 0.1) is 17.7 Å². The van der Waals surface area contributed by atoms with Crippen LogP contribution in [0.15, 0.2) is 29.4 Å². The van der Waals surface area contributed by atoms with E-state index in [1.54, 1.807) is 6.07 Å². The largest absolute Gasteiger partial charge is 0.347 e. The van der Waals surface area contributed by atoms with Crippen molar-refractivity contribution in [3.63, 3.8) is 0 Å². The van der Waals surface area contributed by atoms with Gasteiger partial charge in [0.15, 0.2) is 0 Å². The SMILES string of the molecule is CCCCCCCCCCCC(=O)NCC(=O)N/N=C/c1cccc([N+](=O)[O-])c1. The Morgan fingerprint density at radius 1 is 1.03 bits per heavy atom. The number of nitrogens with one attached hydrogen (secondary N) is 2. The van der Waals surface area contributed by atoms with Crippen molar-refractivity contribution < 1.29 is 14.5 Å². The lowest BCUT2D eigenvalue weighted by Crippen LogP contribution is -2.34. The van der Waals surface area contributed by atoms with Gasteiger partial charge in [-0.25, -0.2) is 5.43 Å². The molecule has 1 aromatic carbocycles. The lowest BCUT2D eigenvalue weighted by atomic mass is 10.1. The summed E-state index contributed by atoms with van der Waals surface area (Å²) in [4.78, 5) is 33.7. The Morgan fingerprint density at radius 3 is 2.34 bits per heavy atom. The fourth-order valence-corrected chi connectivity index (χ4v) is 2.80. The second-order valence-corrected chi connectivity index (χ2v) is 7.00. The number of unbranched alkanes of at least 4 members (excludes halogenated alkanes) is 8. The first-order chi connectivity index (χ1) is 14.0. The third-order valence-electron chi connectivity index (χ3n) is 4.44. The van der Waals surface area contributed by atoms with Crippen LogP contribution in [0.25, 0.3) is 0 Å². The van der Waals surface area contributed by atoms with Crippen LogP contribution in [0.2, 0.25) is 0 Å². The Labute approximate surface area is 172 Å². The molecule has 0 fully saturated rings. The molecule has 0 aliphatic heterocycles. The molecule has 0 aliphatic rings. The molecule has 0 unspecified atom stereocenters. The molecule has 0 aromatic heterocycles. The van der Waals surface area contributed by atoms with E-state index in [1.165, 1.54) is 62.9 Å². The molecule has 8 heteroatoms. The molecule has 0 atom stereocenters. The number of hydrogen-bond donors (Lipinski definition) is 2. The van der Waals surface area contributed by atoms with Crippen LogP contribution in [0.3, 0.4) is 0 Å². The molecule has 2 N–H and O–H groups in total. The van der Waals surface area contributed by atoms with Crippen LogP contribution in [-0.4, -0.2) is 29.5 Å². The molecule has 1 aromatic rings. The molecule has 0 bridgehead atoms. The lowest BCUT2D eigenvalue weighted by Gasteiger charge is -2.04. The van der Waals surface area contributed by atoms with Gasteiger partial charge in [-0.1, -0.05) is 70.4 Å². The van der Waals surface area contributed by atoms with Crippen LogP contribution < -0.4 is 10.7 Å². The van der Waals surface area contributed by atoms with Gasteiger partial charge in [-0.2, -0.15) is 5.10 Å². The first kappa shape index (κ1) is 24.3. The van der Waals surface area contributed by atoms with E-state index in [9.17, 15) is 19.7 Å². The first-order valence-corrected chi connectivity index (χ1v) is 10.4. The highest BCUT2D eigenvalue weighted by atomic mass is 16.6. The number of carbonyl (C=O) groups excluding carboxylic acids is 2. The highest BCUT2D eigenvalue weighted by molar-refractivity contribution is 5.86. The zero-order chi connectivity index (χ0) is 21.3. The van der Waals surface area contributed by atoms with Crippen molar-refractivity contribution in [3.8, 4) is 0 Å². The highest BCUT2D eigenvalue weighted by Crippen LogP contribution is 2.11. The van der Waals surface area contributed by atoms with Crippen molar-refractivity contribution in [3.05, 3.63) is 39.9 Å². The van der Waals surface area contributed by atoms with E-state index in [2.05, 4.69) is 22.8 Å². The molecule has 160 valence electrons. The quantitative estimate of drug-likeness (QED) is 0.198. The number of nitro groups is 1. The zero-order valence-corrected chi connectivity index (χ0v) is 17.2. The molecule has 0 heterocycles. The molecule has 0 radical (unpaired) electrons. The van der Waals surface area contributed by atoms with Gasteiger partial charge in [-0.15, -0.1) is 0 Å². The number of benzene rings is 1. The van der Waals surface area contributed by atoms with E-state index >= 15 is 0 Å². The van der Waals surface area contributed by atoms with Crippen molar-refractivity contribution in [2.24, 2.45) is 5.10 Å². The van der Waals surface area contributed by atoms with Crippen molar-refractivity contribution in [2.75, 3.05) is 6.54 Å². The Kier molecular flexibility index (Phi) is 12.7. The Morgan fingerprint density at radius 2 is 1.69 bits per heavy atom. The molecule has 0 spiro atoms. The zero-order valence-electron chi connectivity index (χ0n) is 17.2. The maximum atomic E-state index is 11.8. The van der Waals surface area contributed by atoms with Gasteiger partial charge >= 0.3 is 0 Å². The number of non-ortho nitro benzene ring substituents is 1. The number of hydrazone groups is 1. The van der Waals surface area contributed by atoms with Crippen LogP contribution in [-0.2, 0) is 9.59 Å². The number of hydrogen-bond acceptors (Lipinski definition) is 5. The fraction of sp³-hybridized carbons (Fsp3) is 0.571. The molecule has 29 heavy (non-hydrogen) atoms. The third kappa shape index (κ3) is 12.3. The number of rotatable bonds is 15. The van der Waals surface area contributed by atoms with Crippen molar-refractivity contribution in [2.45, 2.75) is 71.1 Å². The van der Waals surface area contributed by atoms with E-state index < -0.39 is 10.8 Å². The first-order valence-electron chi connectivity index (χ1n) is 10.4. The predicted octanol–water partition coefficient (Wildman–Crippen LogP) is 4.08. The third-order valence-corrected chi connectivity index (χ3v) is 4.44. The van der Waals surface area contributed by atoms with Gasteiger partial charge in [0.25, 0.3) is 11.6 Å². The normalized spacial score (nSPS) is 10.8. The number of nitrogens with zero attached hydrogens (tertiary/aromatic N) is 2. The van der Waals surface area contributed by atoms with E-state index in [-0.39, 0.29) is 18.1 Å². The van der Waals surface area contributed by atoms with Crippen LogP contribution in [0, 0.1) is 10.1 Å². The molecule has 1 rings (SSSR count). The minimum absolute atomic E-state index is 0.0518. The van der Waals surface area contributed by atoms with Crippen LogP contribution in [0.1, 0.15) is 76.7 Å². The number of amides is 2. The second-order valence-electron chi connectivity index (χ2n) is 7.00. The predicted molar refractivity (Wildman–Crippen MR) is 114 cm³/mol. The molecule has 2 amide bonds. The number of nitro benzene ring substituents is 1. The Balaban J connectivity index is 2.09. The minimum atomic E-state index is -0.501. The molecule has 0 aliphatic carbocycles. The summed E-state index contributed by atoms with van der Waals surface area (Å²) in [6.45, 7) is 2.06. The summed E-state index contributed by atoms with van der Waals surface area (Å²) >= 11 is 0. The fourth-order valence-electron chi connectivity index (χ4n) is 2.80. The molecule has 8 nitrogen and oxygen atoms in total. The molecular formula is C21H32N4O4. The number of carbonyl (C=O) groups is 2. The molecule has 0 saturated heterocycles. The van der Waals surface area contributed by atoms with Gasteiger partial charge in [0.1, 0.15) is 0 Å². The van der Waals surface area contributed by atoms with Gasteiger partial charge in [-0.05, 0) is 6.42 Å². The second kappa shape index (κ2) is 15.2. The standard InChI is InChI=1S/C21H32N4O4/c1-2-3-4-5-6-7-8-9-10-14-20(26)22-17-21(27)24-23-16-18-12-11-13-19(15-18)25(28)29/h11-13,15-16H,2-10,14,17H2,1H3,(H,22,26)(H,24,27)/b23-16+. The Hall–Kier alpha value is -2.77. The lowest BCUT2D eigenvalue weighted by molar-refractivity contribution is -0.384. The molecular weight excluding hydrogens is 372 g/mol. The summed E-state index contributed by atoms with van der Waals surface area (Å²) in [6.07, 6.45) is 12.4. The van der Waals surface area contributed by atoms with Crippen LogP contribution in [0.4, 0.5) is 5.69 Å². The van der Waals surface area contributed by atoms with E-state index in [4.69, 9.17) is 0 Å². The van der Waals surface area contributed by atoms with Crippen LogP contribution >= 0.6 is 0 Å². The van der Waals surface area contributed by atoms with Crippen molar-refractivity contribution in [1.29, 1.82) is 0 Å². The van der Waals surface area contributed by atoms with Crippen molar-refractivity contribution in [1.82, 2.24) is 10.7 Å². The summed E-state index contributed by atoms with van der Waals surface area (Å²) in [5, 5.41) is 17.0. The van der Waals surface area contributed by atoms with Crippen molar-refractivity contribution >= 4 is 23.7 Å². The topological polar surface area (TPSA) is 114 Å². The minimum Gasteiger partial charge on any atom is -0.347 e. The summed E-state index contributed by atoms with van der Waals surface area (Å²) < 4.78 is 0. The van der Waals surface area contributed by atoms with Gasteiger partial charge in [-0.3, -0.25) is 19.7 Å². The Bertz CT molecular complexity index is 676. The monoisotopic (exact) mass is 404 g/mol. The van der Waals surface area contributed by atoms with E-state index in [1.807, 2.05) is 0 Å². The smallest absolute Gasteiger partial charge is 0.270 e. The van der Waals surface area contributed by atoms with Crippen LogP contribution in [0.5, 0.6) is 0 Å². The summed E-state index contributed by atoms with van der Waals surface area (Å²) in [5.41, 5.74) is 2.73. The maximum absolute atomic E-state index is 11.8. The van der Waals surface area contributed by atoms with Gasteiger partial charge in [0, 0.05) is 24.1 Å². The molecule has 0 saturated carbocycles. The average molecular weight is 405 g/mol. The average Bonchev–Trinajstić information content (AvgIpc) is 2.71. The maximum Gasteiger partial charge on any atom is 0.270 e. The van der Waals surface area contributed by atoms with E-state index in [0.717, 1.165) is 19.3 Å². The van der Waals surface area contributed by atoms with Gasteiger partial charge in [0.2, 0.25) is 5.91 Å². The summed E-state index contributed by atoms with van der Waals surface area (Å²) in [5.74, 6) is -0.599. The summed E-state index contributed by atoms with van der Waals surface area (Å²) in [7, 11) is 0.